The molecule has 0 aliphatic heterocycles. The van der Waals surface area contributed by atoms with E-state index in [0.717, 1.165) is 43.4 Å². The lowest BCUT2D eigenvalue weighted by Crippen LogP contribution is -2.31. The van der Waals surface area contributed by atoms with Crippen LogP contribution in [-0.4, -0.2) is 11.8 Å². The number of hydrogen-bond acceptors (Lipinski definition) is 3. The van der Waals surface area contributed by atoms with Gasteiger partial charge in [0.05, 0.1) is 11.6 Å². The van der Waals surface area contributed by atoms with Crippen LogP contribution < -0.4 is 5.32 Å². The first-order valence-electron chi connectivity index (χ1n) is 13.9. The summed E-state index contributed by atoms with van der Waals surface area (Å²) in [4.78, 5) is 13.8. The topological polar surface area (TPSA) is 52.9 Å². The molecule has 3 aromatic rings. The van der Waals surface area contributed by atoms with Crippen molar-refractivity contribution < 1.29 is 4.79 Å². The molecule has 0 radical (unpaired) electrons. The van der Waals surface area contributed by atoms with Crippen LogP contribution in [0.5, 0.6) is 0 Å². The molecule has 0 saturated heterocycles. The van der Waals surface area contributed by atoms with Crippen molar-refractivity contribution in [3.8, 4) is 6.07 Å². The lowest BCUT2D eigenvalue weighted by molar-refractivity contribution is -0.122. The zero-order chi connectivity index (χ0) is 26.3. The summed E-state index contributed by atoms with van der Waals surface area (Å²) in [5.74, 6) is 1.09. The molecule has 0 heterocycles. The number of benzene rings is 3. The van der Waals surface area contributed by atoms with Crippen molar-refractivity contribution in [2.45, 2.75) is 57.4 Å². The van der Waals surface area contributed by atoms with Crippen LogP contribution in [0.25, 0.3) is 5.57 Å². The molecule has 5 rings (SSSR count). The first-order valence-corrected chi connectivity index (χ1v) is 13.9. The second-order valence-electron chi connectivity index (χ2n) is 10.8. The van der Waals surface area contributed by atoms with E-state index in [0.29, 0.717) is 35.6 Å². The number of hydrogen-bond donors (Lipinski definition) is 1. The molecular formula is C35H36N2O. The average molecular weight is 501 g/mol. The van der Waals surface area contributed by atoms with Crippen molar-refractivity contribution in [3.63, 3.8) is 0 Å². The van der Waals surface area contributed by atoms with E-state index in [4.69, 9.17) is 5.26 Å². The summed E-state index contributed by atoms with van der Waals surface area (Å²) in [5, 5.41) is 12.7. The van der Waals surface area contributed by atoms with Gasteiger partial charge in [-0.15, -0.1) is 0 Å². The van der Waals surface area contributed by atoms with Crippen molar-refractivity contribution in [2.24, 2.45) is 11.8 Å². The van der Waals surface area contributed by atoms with Gasteiger partial charge in [-0.2, -0.15) is 5.26 Å². The van der Waals surface area contributed by atoms with Gasteiger partial charge in [0.1, 0.15) is 5.78 Å². The molecule has 0 bridgehead atoms. The zero-order valence-corrected chi connectivity index (χ0v) is 22.1. The fraction of sp³-hybridized carbons (Fsp3) is 0.314. The van der Waals surface area contributed by atoms with Gasteiger partial charge in [-0.25, -0.2) is 0 Å². The number of nitriles is 1. The third-order valence-electron chi connectivity index (χ3n) is 8.25. The van der Waals surface area contributed by atoms with Gasteiger partial charge in [-0.3, -0.25) is 4.79 Å². The van der Waals surface area contributed by atoms with Crippen molar-refractivity contribution in [1.29, 1.82) is 5.26 Å². The fourth-order valence-electron chi connectivity index (χ4n) is 6.09. The Labute approximate surface area is 226 Å². The van der Waals surface area contributed by atoms with Gasteiger partial charge in [-0.05, 0) is 90.5 Å². The van der Waals surface area contributed by atoms with Gasteiger partial charge in [0.15, 0.2) is 0 Å². The highest BCUT2D eigenvalue weighted by Crippen LogP contribution is 2.39. The van der Waals surface area contributed by atoms with E-state index < -0.39 is 0 Å². The van der Waals surface area contributed by atoms with Crippen LogP contribution in [0, 0.1) is 23.2 Å². The van der Waals surface area contributed by atoms with E-state index in [9.17, 15) is 4.79 Å². The molecule has 0 spiro atoms. The van der Waals surface area contributed by atoms with Crippen molar-refractivity contribution in [1.82, 2.24) is 0 Å². The van der Waals surface area contributed by atoms with Crippen LogP contribution in [0.3, 0.4) is 0 Å². The highest BCUT2D eigenvalue weighted by molar-refractivity contribution is 5.86. The number of ketones is 1. The smallest absolute Gasteiger partial charge is 0.140 e. The molecule has 38 heavy (non-hydrogen) atoms. The van der Waals surface area contributed by atoms with Crippen LogP contribution in [0.2, 0.25) is 0 Å². The first-order chi connectivity index (χ1) is 18.6. The van der Waals surface area contributed by atoms with E-state index in [2.05, 4.69) is 72.9 Å². The number of rotatable bonds is 9. The Morgan fingerprint density at radius 2 is 1.66 bits per heavy atom. The lowest BCUT2D eigenvalue weighted by atomic mass is 9.72. The second-order valence-corrected chi connectivity index (χ2v) is 10.8. The van der Waals surface area contributed by atoms with Crippen LogP contribution in [0.1, 0.15) is 67.2 Å². The van der Waals surface area contributed by atoms with Crippen LogP contribution in [-0.2, 0) is 11.2 Å². The maximum atomic E-state index is 13.8. The Morgan fingerprint density at radius 3 is 2.29 bits per heavy atom. The number of carbonyl (C=O) groups is 1. The highest BCUT2D eigenvalue weighted by Gasteiger charge is 2.33. The summed E-state index contributed by atoms with van der Waals surface area (Å²) in [6, 6.07) is 29.4. The number of carbonyl (C=O) groups excluding carboxylic acids is 1. The first kappa shape index (κ1) is 25.7. The molecule has 1 fully saturated rings. The molecule has 1 N–H and O–H groups in total. The van der Waals surface area contributed by atoms with E-state index in [1.54, 1.807) is 0 Å². The van der Waals surface area contributed by atoms with Gasteiger partial charge in [0.2, 0.25) is 0 Å². The summed E-state index contributed by atoms with van der Waals surface area (Å²) in [7, 11) is 0. The average Bonchev–Trinajstić information content (AvgIpc) is 3.40. The maximum Gasteiger partial charge on any atom is 0.140 e. The van der Waals surface area contributed by atoms with Crippen molar-refractivity contribution in [3.05, 3.63) is 119 Å². The molecule has 2 aliphatic rings. The van der Waals surface area contributed by atoms with Gasteiger partial charge < -0.3 is 5.32 Å². The van der Waals surface area contributed by atoms with E-state index in [1.165, 1.54) is 16.7 Å². The van der Waals surface area contributed by atoms with Crippen molar-refractivity contribution in [2.75, 3.05) is 5.32 Å². The number of aryl methyl sites for hydroxylation is 1. The predicted molar refractivity (Wildman–Crippen MR) is 156 cm³/mol. The molecule has 0 aromatic heterocycles. The lowest BCUT2D eigenvalue weighted by Gasteiger charge is -2.34. The summed E-state index contributed by atoms with van der Waals surface area (Å²) >= 11 is 0. The minimum absolute atomic E-state index is 0.0586. The molecule has 3 nitrogen and oxygen atoms in total. The third-order valence-corrected chi connectivity index (χ3v) is 8.25. The standard InChI is InChI=1S/C35H36N2O/c1-25-6-5-9-33(25)28-13-15-29(16-14-28)35(34(38)23-12-26-7-3-2-4-8-26)30-17-21-32(22-18-30)37-31-19-10-27(24-36)11-20-31/h2-11,13-16,19-20,25,30,32,35,37H,12,17-18,21-23H2,1H3/t25?,30-,32+,35-/m1/s1. The maximum absolute atomic E-state index is 13.8. The quantitative estimate of drug-likeness (QED) is 0.323. The molecule has 192 valence electrons. The van der Waals surface area contributed by atoms with E-state index >= 15 is 0 Å². The number of nitrogens with one attached hydrogen (secondary N) is 1. The van der Waals surface area contributed by atoms with Crippen LogP contribution in [0.15, 0.2) is 97.1 Å². The molecule has 3 heteroatoms. The Morgan fingerprint density at radius 1 is 0.947 bits per heavy atom. The highest BCUT2D eigenvalue weighted by atomic mass is 16.1. The molecule has 1 saturated carbocycles. The summed E-state index contributed by atoms with van der Waals surface area (Å²) in [6.45, 7) is 2.23. The number of allylic oxidation sites excluding steroid dienone is 4. The molecule has 2 atom stereocenters. The summed E-state index contributed by atoms with van der Waals surface area (Å²) in [5.41, 5.74) is 6.71. The van der Waals surface area contributed by atoms with E-state index in [1.807, 2.05) is 42.5 Å². The Kier molecular flexibility index (Phi) is 8.19. The third kappa shape index (κ3) is 6.14. The predicted octanol–water partition coefficient (Wildman–Crippen LogP) is 8.10. The summed E-state index contributed by atoms with van der Waals surface area (Å²) in [6.07, 6.45) is 12.1. The van der Waals surface area contributed by atoms with E-state index in [-0.39, 0.29) is 5.92 Å². The molecule has 0 amide bonds. The SMILES string of the molecule is CC1C=CC=C1c1ccc([C@@H](C(=O)CCc2ccccc2)[C@H]2CC[C@@H](Nc3ccc(C#N)cc3)CC2)cc1. The second kappa shape index (κ2) is 12.1. The largest absolute Gasteiger partial charge is 0.382 e. The van der Waals surface area contributed by atoms with Gasteiger partial charge in [0.25, 0.3) is 0 Å². The number of anilines is 1. The molecular weight excluding hydrogens is 464 g/mol. The normalized spacial score (nSPS) is 21.4. The van der Waals surface area contributed by atoms with Crippen molar-refractivity contribution >= 4 is 17.0 Å². The van der Waals surface area contributed by atoms with Gasteiger partial charge >= 0.3 is 0 Å². The zero-order valence-electron chi connectivity index (χ0n) is 22.1. The Balaban J connectivity index is 1.29. The minimum Gasteiger partial charge on any atom is -0.382 e. The van der Waals surface area contributed by atoms with Gasteiger partial charge in [-0.1, -0.05) is 79.7 Å². The molecule has 2 aliphatic carbocycles. The minimum atomic E-state index is -0.0586. The number of nitrogens with zero attached hydrogens (tertiary/aromatic N) is 1. The Hall–Kier alpha value is -3.90. The Bertz CT molecular complexity index is 1320. The summed E-state index contributed by atoms with van der Waals surface area (Å²) < 4.78 is 0. The fourth-order valence-corrected chi connectivity index (χ4v) is 6.09. The van der Waals surface area contributed by atoms with Gasteiger partial charge in [0, 0.05) is 24.1 Å². The monoisotopic (exact) mass is 500 g/mol. The molecule has 1 unspecified atom stereocenters. The van der Waals surface area contributed by atoms with Crippen LogP contribution >= 0.6 is 0 Å². The van der Waals surface area contributed by atoms with Crippen LogP contribution in [0.4, 0.5) is 5.69 Å². The molecule has 3 aromatic carbocycles. The number of Topliss-reactive ketones (excluding diaryl/α,β-unsaturated/α-hetero) is 1.